The van der Waals surface area contributed by atoms with Gasteiger partial charge in [-0.25, -0.2) is 4.39 Å². The van der Waals surface area contributed by atoms with Gasteiger partial charge >= 0.3 is 0 Å². The van der Waals surface area contributed by atoms with Gasteiger partial charge in [-0.05, 0) is 52.9 Å². The number of ether oxygens (including phenoxy) is 1. The predicted molar refractivity (Wildman–Crippen MR) is 71.3 cm³/mol. The van der Waals surface area contributed by atoms with Gasteiger partial charge in [-0.3, -0.25) is 4.79 Å². The molecule has 0 radical (unpaired) electrons. The summed E-state index contributed by atoms with van der Waals surface area (Å²) in [5.74, 6) is 0.0407. The Morgan fingerprint density at radius 3 is 2.95 bits per heavy atom. The lowest BCUT2D eigenvalue weighted by Gasteiger charge is -2.11. The van der Waals surface area contributed by atoms with Crippen molar-refractivity contribution in [2.75, 3.05) is 13.2 Å². The molecule has 4 nitrogen and oxygen atoms in total. The van der Waals surface area contributed by atoms with Crippen molar-refractivity contribution < 1.29 is 19.0 Å². The summed E-state index contributed by atoms with van der Waals surface area (Å²) < 4.78 is 18.6. The number of aliphatic hydroxyl groups is 1. The number of carbonyl (C=O) groups is 1. The van der Waals surface area contributed by atoms with Gasteiger partial charge in [0.2, 0.25) is 0 Å². The van der Waals surface area contributed by atoms with Crippen molar-refractivity contribution in [3.8, 4) is 5.75 Å². The Morgan fingerprint density at radius 2 is 2.32 bits per heavy atom. The lowest BCUT2D eigenvalue weighted by molar-refractivity contribution is -0.123. The lowest BCUT2D eigenvalue weighted by atomic mass is 10.2. The molecule has 0 aromatic heterocycles. The first-order chi connectivity index (χ1) is 9.06. The average Bonchev–Trinajstić information content (AvgIpc) is 3.19. The molecule has 0 bridgehead atoms. The van der Waals surface area contributed by atoms with E-state index in [1.54, 1.807) is 0 Å². The number of hydrogen-bond acceptors (Lipinski definition) is 3. The molecule has 19 heavy (non-hydrogen) atoms. The van der Waals surface area contributed by atoms with Crippen molar-refractivity contribution >= 4 is 21.8 Å². The number of halogens is 2. The van der Waals surface area contributed by atoms with E-state index in [0.717, 1.165) is 12.8 Å². The fourth-order valence-corrected chi connectivity index (χ4v) is 2.12. The molecule has 0 heterocycles. The number of carbonyl (C=O) groups excluding carboxylic acids is 1. The van der Waals surface area contributed by atoms with Gasteiger partial charge in [-0.1, -0.05) is 0 Å². The molecule has 1 saturated carbocycles. The van der Waals surface area contributed by atoms with Gasteiger partial charge in [0.05, 0.1) is 10.6 Å². The number of nitrogens with one attached hydrogen (secondary N) is 1. The zero-order valence-corrected chi connectivity index (χ0v) is 11.8. The fraction of sp³-hybridized carbons (Fsp3) is 0.462. The molecule has 6 heteroatoms. The summed E-state index contributed by atoms with van der Waals surface area (Å²) in [6, 6.07) is 3.98. The summed E-state index contributed by atoms with van der Waals surface area (Å²) >= 11 is 3.15. The zero-order valence-electron chi connectivity index (χ0n) is 10.2. The van der Waals surface area contributed by atoms with E-state index < -0.39 is 6.10 Å². The summed E-state index contributed by atoms with van der Waals surface area (Å²) in [6.07, 6.45) is 1.58. The normalized spacial score (nSPS) is 15.9. The van der Waals surface area contributed by atoms with Crippen molar-refractivity contribution in [3.63, 3.8) is 0 Å². The van der Waals surface area contributed by atoms with Crippen LogP contribution in [0.1, 0.15) is 12.8 Å². The quantitative estimate of drug-likeness (QED) is 0.836. The van der Waals surface area contributed by atoms with Crippen LogP contribution in [0.25, 0.3) is 0 Å². The molecule has 1 aliphatic carbocycles. The Morgan fingerprint density at radius 1 is 1.58 bits per heavy atom. The molecule has 1 amide bonds. The molecule has 1 unspecified atom stereocenters. The summed E-state index contributed by atoms with van der Waals surface area (Å²) in [5.41, 5.74) is 0. The van der Waals surface area contributed by atoms with Crippen molar-refractivity contribution in [2.24, 2.45) is 5.92 Å². The van der Waals surface area contributed by atoms with Crippen LogP contribution < -0.4 is 10.1 Å². The standard InChI is InChI=1S/C13H15BrFNO3/c14-10-5-9(15)3-4-12(10)19-7-13(18)16-6-11(17)8-1-2-8/h3-5,8,11,17H,1-2,6-7H2,(H,16,18). The van der Waals surface area contributed by atoms with Crippen LogP contribution in [0.2, 0.25) is 0 Å². The summed E-state index contributed by atoms with van der Waals surface area (Å²) in [7, 11) is 0. The molecule has 1 aromatic rings. The molecule has 1 aromatic carbocycles. The summed E-state index contributed by atoms with van der Waals surface area (Å²) in [5, 5.41) is 12.2. The van der Waals surface area contributed by atoms with Gasteiger partial charge in [0.1, 0.15) is 11.6 Å². The first-order valence-corrected chi connectivity index (χ1v) is 6.88. The summed E-state index contributed by atoms with van der Waals surface area (Å²) in [6.45, 7) is 0.0824. The monoisotopic (exact) mass is 331 g/mol. The Kier molecular flexibility index (Phi) is 4.76. The van der Waals surface area contributed by atoms with Gasteiger partial charge in [-0.15, -0.1) is 0 Å². The minimum atomic E-state index is -0.471. The Labute approximate surface area is 119 Å². The van der Waals surface area contributed by atoms with Crippen LogP contribution >= 0.6 is 15.9 Å². The number of amides is 1. The second-order valence-electron chi connectivity index (χ2n) is 4.57. The van der Waals surface area contributed by atoms with Crippen LogP contribution in [0.15, 0.2) is 22.7 Å². The van der Waals surface area contributed by atoms with Gasteiger partial charge < -0.3 is 15.2 Å². The highest BCUT2D eigenvalue weighted by Crippen LogP contribution is 2.32. The van der Waals surface area contributed by atoms with E-state index in [9.17, 15) is 14.3 Å². The zero-order chi connectivity index (χ0) is 13.8. The Balaban J connectivity index is 1.73. The maximum atomic E-state index is 12.8. The smallest absolute Gasteiger partial charge is 0.258 e. The molecule has 2 rings (SSSR count). The van der Waals surface area contributed by atoms with Crippen LogP contribution in [-0.2, 0) is 4.79 Å². The molecule has 0 saturated heterocycles. The van der Waals surface area contributed by atoms with E-state index >= 15 is 0 Å². The van der Waals surface area contributed by atoms with E-state index in [-0.39, 0.29) is 24.9 Å². The number of benzene rings is 1. The highest BCUT2D eigenvalue weighted by molar-refractivity contribution is 9.10. The van der Waals surface area contributed by atoms with Crippen molar-refractivity contribution in [3.05, 3.63) is 28.5 Å². The minimum absolute atomic E-state index is 0.165. The maximum absolute atomic E-state index is 12.8. The molecular weight excluding hydrogens is 317 g/mol. The van der Waals surface area contributed by atoms with Crippen molar-refractivity contribution in [2.45, 2.75) is 18.9 Å². The van der Waals surface area contributed by atoms with Gasteiger partial charge in [0.25, 0.3) is 5.91 Å². The van der Waals surface area contributed by atoms with E-state index in [1.165, 1.54) is 18.2 Å². The first kappa shape index (κ1) is 14.3. The van der Waals surface area contributed by atoms with Crippen molar-refractivity contribution in [1.82, 2.24) is 5.32 Å². The third-order valence-corrected chi connectivity index (χ3v) is 3.55. The molecule has 2 N–H and O–H groups in total. The average molecular weight is 332 g/mol. The predicted octanol–water partition coefficient (Wildman–Crippen LogP) is 1.85. The van der Waals surface area contributed by atoms with Gasteiger partial charge in [-0.2, -0.15) is 0 Å². The summed E-state index contributed by atoms with van der Waals surface area (Å²) in [4.78, 5) is 11.5. The third kappa shape index (κ3) is 4.47. The van der Waals surface area contributed by atoms with E-state index in [1.807, 2.05) is 0 Å². The van der Waals surface area contributed by atoms with Crippen LogP contribution in [0.3, 0.4) is 0 Å². The van der Waals surface area contributed by atoms with E-state index in [2.05, 4.69) is 21.2 Å². The minimum Gasteiger partial charge on any atom is -0.483 e. The number of hydrogen-bond donors (Lipinski definition) is 2. The Hall–Kier alpha value is -1.14. The lowest BCUT2D eigenvalue weighted by Crippen LogP contribution is -2.36. The van der Waals surface area contributed by atoms with Crippen LogP contribution in [0.4, 0.5) is 4.39 Å². The molecule has 104 valence electrons. The van der Waals surface area contributed by atoms with Crippen LogP contribution in [0.5, 0.6) is 5.75 Å². The van der Waals surface area contributed by atoms with Crippen LogP contribution in [-0.4, -0.2) is 30.3 Å². The Bertz CT molecular complexity index is 465. The second kappa shape index (κ2) is 6.34. The fourth-order valence-electron chi connectivity index (χ4n) is 1.65. The molecule has 1 atom stereocenters. The number of aliphatic hydroxyl groups excluding tert-OH is 1. The van der Waals surface area contributed by atoms with Crippen LogP contribution in [0, 0.1) is 11.7 Å². The second-order valence-corrected chi connectivity index (χ2v) is 5.43. The number of rotatable bonds is 6. The molecule has 1 aliphatic rings. The molecular formula is C13H15BrFNO3. The molecule has 0 aliphatic heterocycles. The highest BCUT2D eigenvalue weighted by atomic mass is 79.9. The maximum Gasteiger partial charge on any atom is 0.258 e. The molecule has 1 fully saturated rings. The largest absolute Gasteiger partial charge is 0.483 e. The SMILES string of the molecule is O=C(COc1ccc(F)cc1Br)NCC(O)C1CC1. The van der Waals surface area contributed by atoms with Crippen molar-refractivity contribution in [1.29, 1.82) is 0 Å². The third-order valence-electron chi connectivity index (χ3n) is 2.93. The topological polar surface area (TPSA) is 58.6 Å². The van der Waals surface area contributed by atoms with Gasteiger partial charge in [0, 0.05) is 6.54 Å². The molecule has 0 spiro atoms. The van der Waals surface area contributed by atoms with E-state index in [4.69, 9.17) is 4.74 Å². The first-order valence-electron chi connectivity index (χ1n) is 6.09. The van der Waals surface area contributed by atoms with Gasteiger partial charge in [0.15, 0.2) is 6.61 Å². The van der Waals surface area contributed by atoms with E-state index in [0.29, 0.717) is 16.1 Å². The highest BCUT2D eigenvalue weighted by Gasteiger charge is 2.29.